The average molecular weight is 555 g/mol. The summed E-state index contributed by atoms with van der Waals surface area (Å²) in [7, 11) is 2.14. The molecule has 0 radical (unpaired) electrons. The van der Waals surface area contributed by atoms with Gasteiger partial charge in [-0.2, -0.15) is 4.98 Å². The lowest BCUT2D eigenvalue weighted by molar-refractivity contribution is 0.312. The lowest BCUT2D eigenvalue weighted by atomic mass is 10.1. The van der Waals surface area contributed by atoms with Crippen LogP contribution in [0.2, 0.25) is 5.02 Å². The molecule has 0 spiro atoms. The van der Waals surface area contributed by atoms with Gasteiger partial charge in [0.25, 0.3) is 5.56 Å². The molecule has 11 heteroatoms. The third-order valence-corrected chi connectivity index (χ3v) is 7.38. The number of benzene rings is 2. The predicted molar refractivity (Wildman–Crippen MR) is 158 cm³/mol. The molecule has 6 rings (SSSR count). The number of hydrogen-bond acceptors (Lipinski definition) is 8. The van der Waals surface area contributed by atoms with E-state index in [4.69, 9.17) is 11.6 Å². The van der Waals surface area contributed by atoms with Crippen LogP contribution in [0.5, 0.6) is 0 Å². The summed E-state index contributed by atoms with van der Waals surface area (Å²) in [6.07, 6.45) is 2.99. The Morgan fingerprint density at radius 1 is 0.875 bits per heavy atom. The number of piperazine rings is 1. The van der Waals surface area contributed by atoms with E-state index in [1.807, 2.05) is 12.1 Å². The number of fused-ring (bicyclic) bond motifs is 1. The summed E-state index contributed by atoms with van der Waals surface area (Å²) in [6.45, 7) is 6.10. The van der Waals surface area contributed by atoms with E-state index in [9.17, 15) is 9.59 Å². The van der Waals surface area contributed by atoms with Crippen molar-refractivity contribution in [1.82, 2.24) is 29.0 Å². The van der Waals surface area contributed by atoms with Crippen molar-refractivity contribution in [3.8, 4) is 11.5 Å². The lowest BCUT2D eigenvalue weighted by Crippen LogP contribution is -2.44. The fraction of sp³-hybridized carbons (Fsp3) is 0.207. The van der Waals surface area contributed by atoms with Gasteiger partial charge in [0.2, 0.25) is 5.95 Å². The molecule has 1 aliphatic rings. The standard InChI is InChI=1S/C29H27ClN8O2/c1-19-17-20(10-11-23(19)36-15-13-35(2)14-16-36)33-28-32-18-21-26(34-28)38(25-9-5-6-12-31-25)29(40)37(27(21)39)24-8-4-3-7-22(24)30/h3-12,17-18H,13-16H2,1-2H3,(H,32,33,34). The summed E-state index contributed by atoms with van der Waals surface area (Å²) in [5.41, 5.74) is 2.32. The van der Waals surface area contributed by atoms with Crippen molar-refractivity contribution >= 4 is 40.0 Å². The van der Waals surface area contributed by atoms with Crippen molar-refractivity contribution in [3.05, 3.63) is 104 Å². The van der Waals surface area contributed by atoms with Gasteiger partial charge in [-0.25, -0.2) is 23.9 Å². The number of nitrogens with one attached hydrogen (secondary N) is 1. The highest BCUT2D eigenvalue weighted by molar-refractivity contribution is 6.32. The summed E-state index contributed by atoms with van der Waals surface area (Å²) < 4.78 is 2.32. The van der Waals surface area contributed by atoms with Gasteiger partial charge in [-0.1, -0.05) is 29.8 Å². The van der Waals surface area contributed by atoms with Gasteiger partial charge >= 0.3 is 5.69 Å². The van der Waals surface area contributed by atoms with E-state index in [2.05, 4.69) is 50.1 Å². The maximum Gasteiger partial charge on any atom is 0.343 e. The van der Waals surface area contributed by atoms with Gasteiger partial charge < -0.3 is 15.1 Å². The molecular formula is C29H27ClN8O2. The highest BCUT2D eigenvalue weighted by Gasteiger charge is 2.20. The lowest BCUT2D eigenvalue weighted by Gasteiger charge is -2.35. The molecule has 40 heavy (non-hydrogen) atoms. The molecule has 1 fully saturated rings. The first-order valence-electron chi connectivity index (χ1n) is 12.9. The highest BCUT2D eigenvalue weighted by Crippen LogP contribution is 2.26. The normalized spacial score (nSPS) is 14.0. The van der Waals surface area contributed by atoms with Crippen LogP contribution in [0.25, 0.3) is 22.5 Å². The highest BCUT2D eigenvalue weighted by atomic mass is 35.5. The van der Waals surface area contributed by atoms with Crippen molar-refractivity contribution in [1.29, 1.82) is 0 Å². The molecule has 0 aliphatic carbocycles. The van der Waals surface area contributed by atoms with E-state index >= 15 is 0 Å². The molecule has 2 aromatic carbocycles. The maximum atomic E-state index is 13.8. The minimum absolute atomic E-state index is 0.139. The van der Waals surface area contributed by atoms with Crippen LogP contribution in [0.15, 0.2) is 82.6 Å². The molecular weight excluding hydrogens is 528 g/mol. The van der Waals surface area contributed by atoms with Crippen LogP contribution in [-0.4, -0.2) is 62.2 Å². The molecule has 1 aliphatic heterocycles. The Labute approximate surface area is 235 Å². The minimum Gasteiger partial charge on any atom is -0.369 e. The van der Waals surface area contributed by atoms with Gasteiger partial charge in [0.05, 0.1) is 10.7 Å². The van der Waals surface area contributed by atoms with Gasteiger partial charge in [-0.15, -0.1) is 0 Å². The van der Waals surface area contributed by atoms with Crippen molar-refractivity contribution in [2.24, 2.45) is 0 Å². The first-order chi connectivity index (χ1) is 19.4. The molecule has 0 bridgehead atoms. The first kappa shape index (κ1) is 25.7. The summed E-state index contributed by atoms with van der Waals surface area (Å²) in [5.74, 6) is 0.563. The Kier molecular flexibility index (Phi) is 6.79. The number of halogens is 1. The van der Waals surface area contributed by atoms with Gasteiger partial charge in [0.1, 0.15) is 11.2 Å². The van der Waals surface area contributed by atoms with Crippen LogP contribution in [-0.2, 0) is 0 Å². The van der Waals surface area contributed by atoms with Crippen LogP contribution in [0.4, 0.5) is 17.3 Å². The summed E-state index contributed by atoms with van der Waals surface area (Å²) in [6, 6.07) is 18.0. The van der Waals surface area contributed by atoms with Crippen molar-refractivity contribution in [2.75, 3.05) is 43.4 Å². The van der Waals surface area contributed by atoms with Gasteiger partial charge in [-0.05, 0) is 62.0 Å². The zero-order chi connectivity index (χ0) is 27.8. The fourth-order valence-electron chi connectivity index (χ4n) is 4.95. The molecule has 4 heterocycles. The number of likely N-dealkylation sites (N-methyl/N-ethyl adjacent to an activating group) is 1. The Morgan fingerprint density at radius 2 is 1.65 bits per heavy atom. The van der Waals surface area contributed by atoms with Gasteiger partial charge in [0.15, 0.2) is 5.65 Å². The summed E-state index contributed by atoms with van der Waals surface area (Å²) >= 11 is 6.38. The van der Waals surface area contributed by atoms with E-state index in [1.165, 1.54) is 16.5 Å². The minimum atomic E-state index is -0.638. The number of aryl methyl sites for hydroxylation is 1. The Balaban J connectivity index is 1.44. The number of nitrogens with zero attached hydrogens (tertiary/aromatic N) is 7. The summed E-state index contributed by atoms with van der Waals surface area (Å²) in [5, 5.41) is 3.65. The third-order valence-electron chi connectivity index (χ3n) is 7.07. The van der Waals surface area contributed by atoms with Crippen molar-refractivity contribution in [2.45, 2.75) is 6.92 Å². The van der Waals surface area contributed by atoms with E-state index in [0.29, 0.717) is 5.82 Å². The zero-order valence-electron chi connectivity index (χ0n) is 22.1. The second kappa shape index (κ2) is 10.6. The smallest absolute Gasteiger partial charge is 0.343 e. The van der Waals surface area contributed by atoms with Gasteiger partial charge in [-0.3, -0.25) is 4.79 Å². The van der Waals surface area contributed by atoms with E-state index in [-0.39, 0.29) is 27.7 Å². The number of aromatic nitrogens is 5. The molecule has 0 saturated carbocycles. The topological polar surface area (TPSA) is 101 Å². The van der Waals surface area contributed by atoms with Crippen molar-refractivity contribution < 1.29 is 0 Å². The number of para-hydroxylation sites is 1. The number of hydrogen-bond donors (Lipinski definition) is 1. The quantitative estimate of drug-likeness (QED) is 0.350. The molecule has 202 valence electrons. The monoisotopic (exact) mass is 554 g/mol. The predicted octanol–water partition coefficient (Wildman–Crippen LogP) is 3.78. The number of pyridine rings is 1. The average Bonchev–Trinajstić information content (AvgIpc) is 2.95. The SMILES string of the molecule is Cc1cc(Nc2ncc3c(=O)n(-c4ccccc4Cl)c(=O)n(-c4ccccn4)c3n2)ccc1N1CCN(C)CC1. The first-order valence-corrected chi connectivity index (χ1v) is 13.3. The van der Waals surface area contributed by atoms with Crippen LogP contribution < -0.4 is 21.5 Å². The van der Waals surface area contributed by atoms with Crippen LogP contribution in [0.1, 0.15) is 5.56 Å². The molecule has 1 N–H and O–H groups in total. The Bertz CT molecular complexity index is 1830. The second-order valence-corrected chi connectivity index (χ2v) is 10.2. The molecule has 3 aromatic heterocycles. The maximum absolute atomic E-state index is 13.8. The van der Waals surface area contributed by atoms with Crippen LogP contribution in [0.3, 0.4) is 0 Å². The van der Waals surface area contributed by atoms with Gasteiger partial charge in [0, 0.05) is 49.9 Å². The Hall–Kier alpha value is -4.54. The van der Waals surface area contributed by atoms with Crippen LogP contribution >= 0.6 is 11.6 Å². The third kappa shape index (κ3) is 4.72. The van der Waals surface area contributed by atoms with Crippen LogP contribution in [0, 0.1) is 6.92 Å². The summed E-state index contributed by atoms with van der Waals surface area (Å²) in [4.78, 5) is 45.5. The van der Waals surface area contributed by atoms with E-state index in [0.717, 1.165) is 42.0 Å². The zero-order valence-corrected chi connectivity index (χ0v) is 22.8. The number of rotatable bonds is 5. The van der Waals surface area contributed by atoms with E-state index in [1.54, 1.807) is 48.7 Å². The van der Waals surface area contributed by atoms with Crippen molar-refractivity contribution in [3.63, 3.8) is 0 Å². The molecule has 0 amide bonds. The molecule has 0 atom stereocenters. The molecule has 0 unspecified atom stereocenters. The second-order valence-electron chi connectivity index (χ2n) is 9.75. The molecule has 1 saturated heterocycles. The molecule has 5 aromatic rings. The van der Waals surface area contributed by atoms with E-state index < -0.39 is 11.2 Å². The fourth-order valence-corrected chi connectivity index (χ4v) is 5.18. The molecule has 10 nitrogen and oxygen atoms in total. The number of anilines is 3. The Morgan fingerprint density at radius 3 is 2.38 bits per heavy atom. The largest absolute Gasteiger partial charge is 0.369 e.